The Morgan fingerprint density at radius 2 is 1.60 bits per heavy atom. The van der Waals surface area contributed by atoms with Crippen LogP contribution in [0.5, 0.6) is 11.5 Å². The lowest BCUT2D eigenvalue weighted by atomic mass is 10.3. The first kappa shape index (κ1) is 16.3. The lowest BCUT2D eigenvalue weighted by Gasteiger charge is -2.08. The molecule has 0 unspecified atom stereocenters. The molecule has 1 aromatic rings. The Bertz CT molecular complexity index is 350. The van der Waals surface area contributed by atoms with Crippen molar-refractivity contribution in [2.45, 2.75) is 12.8 Å². The van der Waals surface area contributed by atoms with Gasteiger partial charge in [0.1, 0.15) is 11.5 Å². The molecule has 0 spiro atoms. The summed E-state index contributed by atoms with van der Waals surface area (Å²) in [6, 6.07) is 7.45. The van der Waals surface area contributed by atoms with Crippen molar-refractivity contribution in [2.75, 3.05) is 33.9 Å². The van der Waals surface area contributed by atoms with E-state index in [-0.39, 0.29) is 13.6 Å². The average Bonchev–Trinajstić information content (AvgIpc) is 2.49. The Morgan fingerprint density at radius 1 is 0.950 bits per heavy atom. The minimum atomic E-state index is 0.246. The lowest BCUT2D eigenvalue weighted by Crippen LogP contribution is -2.02. The molecule has 0 aromatic heterocycles. The third-order valence-corrected chi connectivity index (χ3v) is 2.39. The molecule has 0 aliphatic heterocycles. The molecule has 0 saturated carbocycles. The van der Waals surface area contributed by atoms with Crippen LogP contribution in [0.3, 0.4) is 0 Å². The summed E-state index contributed by atoms with van der Waals surface area (Å²) < 4.78 is 25.8. The van der Waals surface area contributed by atoms with Crippen LogP contribution < -0.4 is 9.47 Å². The largest absolute Gasteiger partial charge is 0.494 e. The van der Waals surface area contributed by atoms with Gasteiger partial charge in [-0.15, -0.1) is 0 Å². The molecule has 0 N–H and O–H groups in total. The minimum absolute atomic E-state index is 0.246. The van der Waals surface area contributed by atoms with Crippen molar-refractivity contribution in [2.24, 2.45) is 0 Å². The number of hydrogen-bond acceptors (Lipinski definition) is 5. The molecule has 112 valence electrons. The van der Waals surface area contributed by atoms with E-state index in [1.165, 1.54) is 6.26 Å². The molecule has 0 bridgehead atoms. The van der Waals surface area contributed by atoms with E-state index in [4.69, 9.17) is 23.7 Å². The van der Waals surface area contributed by atoms with Crippen LogP contribution in [-0.4, -0.2) is 33.9 Å². The van der Waals surface area contributed by atoms with Gasteiger partial charge in [-0.05, 0) is 37.1 Å². The summed E-state index contributed by atoms with van der Waals surface area (Å²) >= 11 is 0. The highest BCUT2D eigenvalue weighted by Gasteiger charge is 1.96. The van der Waals surface area contributed by atoms with Gasteiger partial charge in [-0.1, -0.05) is 6.58 Å². The molecule has 5 nitrogen and oxygen atoms in total. The van der Waals surface area contributed by atoms with Crippen LogP contribution in [0.15, 0.2) is 37.1 Å². The highest BCUT2D eigenvalue weighted by molar-refractivity contribution is 5.31. The van der Waals surface area contributed by atoms with E-state index in [1.807, 2.05) is 24.3 Å². The van der Waals surface area contributed by atoms with E-state index in [9.17, 15) is 0 Å². The Labute approximate surface area is 120 Å². The zero-order chi connectivity index (χ0) is 14.5. The molecule has 0 fully saturated rings. The molecule has 0 heterocycles. The topological polar surface area (TPSA) is 46.2 Å². The van der Waals surface area contributed by atoms with Crippen LogP contribution in [0.4, 0.5) is 0 Å². The van der Waals surface area contributed by atoms with Crippen molar-refractivity contribution >= 4 is 0 Å². The molecule has 0 aliphatic carbocycles. The Morgan fingerprint density at radius 3 is 2.25 bits per heavy atom. The Balaban J connectivity index is 2.05. The number of benzene rings is 1. The monoisotopic (exact) mass is 282 g/mol. The van der Waals surface area contributed by atoms with Crippen molar-refractivity contribution < 1.29 is 23.7 Å². The normalized spacial score (nSPS) is 10.1. The lowest BCUT2D eigenvalue weighted by molar-refractivity contribution is -0.0128. The average molecular weight is 282 g/mol. The zero-order valence-electron chi connectivity index (χ0n) is 11.9. The molecule has 0 amide bonds. The van der Waals surface area contributed by atoms with Gasteiger partial charge in [-0.3, -0.25) is 0 Å². The highest BCUT2D eigenvalue weighted by Crippen LogP contribution is 2.17. The number of hydrogen-bond donors (Lipinski definition) is 0. The van der Waals surface area contributed by atoms with E-state index in [0.29, 0.717) is 13.2 Å². The standard InChI is InChI=1S/C15H22O5/c1-3-17-13-18-10-4-5-11-19-14-6-8-15(9-7-14)20-12-16-2/h3,6-9H,1,4-5,10-13H2,2H3. The quantitative estimate of drug-likeness (QED) is 0.335. The summed E-state index contributed by atoms with van der Waals surface area (Å²) in [5, 5.41) is 0. The van der Waals surface area contributed by atoms with E-state index in [0.717, 1.165) is 24.3 Å². The van der Waals surface area contributed by atoms with Gasteiger partial charge in [-0.25, -0.2) is 0 Å². The Kier molecular flexibility index (Phi) is 9.09. The number of rotatable bonds is 12. The second-order valence-electron chi connectivity index (χ2n) is 3.94. The minimum Gasteiger partial charge on any atom is -0.494 e. The fraction of sp³-hybridized carbons (Fsp3) is 0.467. The Hall–Kier alpha value is -1.72. The molecule has 1 aromatic carbocycles. The van der Waals surface area contributed by atoms with Crippen LogP contribution in [0.1, 0.15) is 12.8 Å². The van der Waals surface area contributed by atoms with Crippen molar-refractivity contribution in [3.63, 3.8) is 0 Å². The van der Waals surface area contributed by atoms with E-state index >= 15 is 0 Å². The summed E-state index contributed by atoms with van der Waals surface area (Å²) in [5.41, 5.74) is 0. The third-order valence-electron chi connectivity index (χ3n) is 2.39. The first-order chi connectivity index (χ1) is 9.86. The van der Waals surface area contributed by atoms with Gasteiger partial charge in [0, 0.05) is 7.11 Å². The summed E-state index contributed by atoms with van der Waals surface area (Å²) in [7, 11) is 1.59. The van der Waals surface area contributed by atoms with Crippen LogP contribution in [-0.2, 0) is 14.2 Å². The third kappa shape index (κ3) is 7.66. The van der Waals surface area contributed by atoms with Crippen molar-refractivity contribution in [1.82, 2.24) is 0 Å². The molecule has 0 saturated heterocycles. The van der Waals surface area contributed by atoms with Crippen LogP contribution in [0.25, 0.3) is 0 Å². The summed E-state index contributed by atoms with van der Waals surface area (Å²) in [4.78, 5) is 0. The first-order valence-corrected chi connectivity index (χ1v) is 6.51. The molecule has 0 atom stereocenters. The van der Waals surface area contributed by atoms with Gasteiger partial charge < -0.3 is 23.7 Å². The van der Waals surface area contributed by atoms with E-state index in [1.54, 1.807) is 7.11 Å². The molecule has 1 rings (SSSR count). The molecular weight excluding hydrogens is 260 g/mol. The van der Waals surface area contributed by atoms with Gasteiger partial charge in [0.05, 0.1) is 19.5 Å². The van der Waals surface area contributed by atoms with E-state index < -0.39 is 0 Å². The zero-order valence-corrected chi connectivity index (χ0v) is 11.9. The van der Waals surface area contributed by atoms with Crippen molar-refractivity contribution in [1.29, 1.82) is 0 Å². The van der Waals surface area contributed by atoms with E-state index in [2.05, 4.69) is 6.58 Å². The smallest absolute Gasteiger partial charge is 0.188 e. The molecule has 5 heteroatoms. The van der Waals surface area contributed by atoms with Gasteiger partial charge in [0.15, 0.2) is 13.6 Å². The second-order valence-corrected chi connectivity index (χ2v) is 3.94. The van der Waals surface area contributed by atoms with Crippen molar-refractivity contribution in [3.8, 4) is 11.5 Å². The van der Waals surface area contributed by atoms with Crippen LogP contribution >= 0.6 is 0 Å². The predicted molar refractivity (Wildman–Crippen MR) is 75.8 cm³/mol. The molecule has 0 radical (unpaired) electrons. The first-order valence-electron chi connectivity index (χ1n) is 6.51. The molecule has 20 heavy (non-hydrogen) atoms. The predicted octanol–water partition coefficient (Wildman–Crippen LogP) is 2.96. The number of unbranched alkanes of at least 4 members (excludes halogenated alkanes) is 1. The van der Waals surface area contributed by atoms with Crippen molar-refractivity contribution in [3.05, 3.63) is 37.1 Å². The maximum atomic E-state index is 5.60. The maximum absolute atomic E-state index is 5.60. The van der Waals surface area contributed by atoms with Crippen LogP contribution in [0, 0.1) is 0 Å². The fourth-order valence-corrected chi connectivity index (χ4v) is 1.41. The van der Waals surface area contributed by atoms with Gasteiger partial charge in [-0.2, -0.15) is 0 Å². The highest BCUT2D eigenvalue weighted by atomic mass is 16.7. The van der Waals surface area contributed by atoms with Gasteiger partial charge in [0.25, 0.3) is 0 Å². The summed E-state index contributed by atoms with van der Waals surface area (Å²) in [6.45, 7) is 5.24. The summed E-state index contributed by atoms with van der Waals surface area (Å²) in [5.74, 6) is 1.58. The van der Waals surface area contributed by atoms with Crippen LogP contribution in [0.2, 0.25) is 0 Å². The fourth-order valence-electron chi connectivity index (χ4n) is 1.41. The van der Waals surface area contributed by atoms with Gasteiger partial charge >= 0.3 is 0 Å². The molecular formula is C15H22O5. The SMILES string of the molecule is C=COCOCCCCOc1ccc(OCOC)cc1. The summed E-state index contributed by atoms with van der Waals surface area (Å²) in [6.07, 6.45) is 3.22. The maximum Gasteiger partial charge on any atom is 0.188 e. The second kappa shape index (κ2) is 11.1. The molecule has 0 aliphatic rings. The number of ether oxygens (including phenoxy) is 5. The number of methoxy groups -OCH3 is 1. The van der Waals surface area contributed by atoms with Gasteiger partial charge in [0.2, 0.25) is 0 Å².